The van der Waals surface area contributed by atoms with Gasteiger partial charge in [-0.1, -0.05) is 19.3 Å². The molecule has 0 atom stereocenters. The van der Waals surface area contributed by atoms with Crippen LogP contribution in [0.3, 0.4) is 0 Å². The van der Waals surface area contributed by atoms with Gasteiger partial charge in [0.2, 0.25) is 0 Å². The van der Waals surface area contributed by atoms with Crippen LogP contribution in [0.25, 0.3) is 0 Å². The van der Waals surface area contributed by atoms with Crippen LogP contribution < -0.4 is 0 Å². The van der Waals surface area contributed by atoms with Gasteiger partial charge in [0.1, 0.15) is 5.60 Å². The molecule has 0 N–H and O–H groups in total. The molecule has 0 radical (unpaired) electrons. The molecule has 74 valence electrons. The standard InChI is InChI=1S/C12H20O/c1-3-4-6-9-12(13-2)10-7-5-8-11-12/h3-5,7-8,10-11H2,1-2H3. The van der Waals surface area contributed by atoms with E-state index in [9.17, 15) is 0 Å². The normalized spacial score (nSPS) is 20.5. The number of hydrogen-bond acceptors (Lipinski definition) is 1. The first-order valence-electron chi connectivity index (χ1n) is 5.38. The van der Waals surface area contributed by atoms with E-state index in [-0.39, 0.29) is 5.60 Å². The van der Waals surface area contributed by atoms with Crippen molar-refractivity contribution in [2.45, 2.75) is 57.5 Å². The van der Waals surface area contributed by atoms with Gasteiger partial charge < -0.3 is 4.74 Å². The first-order valence-corrected chi connectivity index (χ1v) is 5.38. The molecule has 1 aliphatic rings. The average Bonchev–Trinajstić information content (AvgIpc) is 2.20. The molecule has 1 fully saturated rings. The Hall–Kier alpha value is -0.480. The third kappa shape index (κ3) is 3.04. The van der Waals surface area contributed by atoms with Gasteiger partial charge in [-0.3, -0.25) is 0 Å². The monoisotopic (exact) mass is 180 g/mol. The van der Waals surface area contributed by atoms with Crippen molar-refractivity contribution in [1.82, 2.24) is 0 Å². The molecule has 0 bridgehead atoms. The summed E-state index contributed by atoms with van der Waals surface area (Å²) in [4.78, 5) is 0. The molecule has 1 nitrogen and oxygen atoms in total. The molecule has 1 aliphatic carbocycles. The zero-order valence-electron chi connectivity index (χ0n) is 8.86. The van der Waals surface area contributed by atoms with Gasteiger partial charge in [-0.15, -0.1) is 5.92 Å². The summed E-state index contributed by atoms with van der Waals surface area (Å²) in [7, 11) is 1.80. The molecule has 0 aliphatic heterocycles. The molecule has 13 heavy (non-hydrogen) atoms. The van der Waals surface area contributed by atoms with E-state index < -0.39 is 0 Å². The van der Waals surface area contributed by atoms with Crippen LogP contribution in [0.4, 0.5) is 0 Å². The highest BCUT2D eigenvalue weighted by Gasteiger charge is 2.29. The van der Waals surface area contributed by atoms with Crippen molar-refractivity contribution < 1.29 is 4.74 Å². The fraction of sp³-hybridized carbons (Fsp3) is 0.833. The second-order valence-corrected chi connectivity index (χ2v) is 3.81. The minimum atomic E-state index is -0.0899. The van der Waals surface area contributed by atoms with E-state index in [2.05, 4.69) is 18.8 Å². The Kier molecular flexibility index (Phi) is 4.32. The number of methoxy groups -OCH3 is 1. The summed E-state index contributed by atoms with van der Waals surface area (Å²) in [6.45, 7) is 2.16. The number of rotatable bonds is 2. The highest BCUT2D eigenvalue weighted by molar-refractivity contribution is 5.15. The lowest BCUT2D eigenvalue weighted by Gasteiger charge is -2.30. The summed E-state index contributed by atoms with van der Waals surface area (Å²) in [6.07, 6.45) is 8.29. The Morgan fingerprint density at radius 2 is 1.92 bits per heavy atom. The summed E-state index contributed by atoms with van der Waals surface area (Å²) < 4.78 is 5.55. The zero-order chi connectivity index (χ0) is 9.57. The zero-order valence-corrected chi connectivity index (χ0v) is 8.86. The second kappa shape index (κ2) is 5.29. The highest BCUT2D eigenvalue weighted by Crippen LogP contribution is 2.30. The molecule has 1 rings (SSSR count). The Balaban J connectivity index is 2.53. The minimum Gasteiger partial charge on any atom is -0.366 e. The van der Waals surface area contributed by atoms with Crippen molar-refractivity contribution in [2.24, 2.45) is 0 Å². The second-order valence-electron chi connectivity index (χ2n) is 3.81. The van der Waals surface area contributed by atoms with Crippen molar-refractivity contribution in [3.8, 4) is 11.8 Å². The molecule has 0 aromatic heterocycles. The number of ether oxygens (including phenoxy) is 1. The Morgan fingerprint density at radius 1 is 1.23 bits per heavy atom. The molecular weight excluding hydrogens is 160 g/mol. The molecule has 1 heteroatoms. The van der Waals surface area contributed by atoms with Crippen LogP contribution in [0, 0.1) is 11.8 Å². The Morgan fingerprint density at radius 3 is 2.46 bits per heavy atom. The summed E-state index contributed by atoms with van der Waals surface area (Å²) >= 11 is 0. The Bertz CT molecular complexity index is 191. The van der Waals surface area contributed by atoms with E-state index in [0.29, 0.717) is 0 Å². The molecule has 0 amide bonds. The fourth-order valence-corrected chi connectivity index (χ4v) is 1.85. The largest absolute Gasteiger partial charge is 0.366 e. The third-order valence-corrected chi connectivity index (χ3v) is 2.74. The van der Waals surface area contributed by atoms with Gasteiger partial charge in [0.25, 0.3) is 0 Å². The molecule has 0 unspecified atom stereocenters. The van der Waals surface area contributed by atoms with Gasteiger partial charge in [-0.25, -0.2) is 0 Å². The van der Waals surface area contributed by atoms with Crippen LogP contribution in [0.15, 0.2) is 0 Å². The average molecular weight is 180 g/mol. The van der Waals surface area contributed by atoms with Gasteiger partial charge >= 0.3 is 0 Å². The summed E-state index contributed by atoms with van der Waals surface area (Å²) in [5.41, 5.74) is -0.0899. The molecule has 1 saturated carbocycles. The van der Waals surface area contributed by atoms with Crippen LogP contribution in [0.5, 0.6) is 0 Å². The van der Waals surface area contributed by atoms with Gasteiger partial charge in [0.15, 0.2) is 0 Å². The molecule has 0 spiro atoms. The van der Waals surface area contributed by atoms with Crippen molar-refractivity contribution in [2.75, 3.05) is 7.11 Å². The molecule has 0 saturated heterocycles. The van der Waals surface area contributed by atoms with E-state index in [0.717, 1.165) is 25.7 Å². The maximum atomic E-state index is 5.55. The van der Waals surface area contributed by atoms with Crippen molar-refractivity contribution >= 4 is 0 Å². The fourth-order valence-electron chi connectivity index (χ4n) is 1.85. The quantitative estimate of drug-likeness (QED) is 0.593. The maximum absolute atomic E-state index is 5.55. The predicted octanol–water partition coefficient (Wildman–Crippen LogP) is 3.14. The first kappa shape index (κ1) is 10.6. The number of hydrogen-bond donors (Lipinski definition) is 0. The predicted molar refractivity (Wildman–Crippen MR) is 55.5 cm³/mol. The SMILES string of the molecule is CCCC#CC1(OC)CCCCC1. The van der Waals surface area contributed by atoms with E-state index in [1.54, 1.807) is 7.11 Å². The summed E-state index contributed by atoms with van der Waals surface area (Å²) in [5.74, 6) is 6.54. The topological polar surface area (TPSA) is 9.23 Å². The van der Waals surface area contributed by atoms with Crippen molar-refractivity contribution in [1.29, 1.82) is 0 Å². The first-order chi connectivity index (χ1) is 6.33. The van der Waals surface area contributed by atoms with Gasteiger partial charge in [-0.05, 0) is 32.1 Å². The van der Waals surface area contributed by atoms with Crippen LogP contribution in [-0.4, -0.2) is 12.7 Å². The van der Waals surface area contributed by atoms with Crippen LogP contribution in [0.2, 0.25) is 0 Å². The lowest BCUT2D eigenvalue weighted by Crippen LogP contribution is -2.31. The van der Waals surface area contributed by atoms with Crippen LogP contribution in [0.1, 0.15) is 51.9 Å². The molecule has 0 aromatic rings. The summed E-state index contributed by atoms with van der Waals surface area (Å²) in [5, 5.41) is 0. The molecular formula is C12H20O. The number of unbranched alkanes of at least 4 members (excludes halogenated alkanes) is 1. The highest BCUT2D eigenvalue weighted by atomic mass is 16.5. The van der Waals surface area contributed by atoms with Crippen molar-refractivity contribution in [3.05, 3.63) is 0 Å². The van der Waals surface area contributed by atoms with Gasteiger partial charge in [0, 0.05) is 13.5 Å². The van der Waals surface area contributed by atoms with E-state index in [4.69, 9.17) is 4.74 Å². The lowest BCUT2D eigenvalue weighted by molar-refractivity contribution is 0.0104. The maximum Gasteiger partial charge on any atom is 0.128 e. The summed E-state index contributed by atoms with van der Waals surface area (Å²) in [6, 6.07) is 0. The van der Waals surface area contributed by atoms with Crippen LogP contribution in [-0.2, 0) is 4.74 Å². The minimum absolute atomic E-state index is 0.0899. The van der Waals surface area contributed by atoms with Crippen LogP contribution >= 0.6 is 0 Å². The smallest absolute Gasteiger partial charge is 0.128 e. The third-order valence-electron chi connectivity index (χ3n) is 2.74. The molecule has 0 aromatic carbocycles. The van der Waals surface area contributed by atoms with Gasteiger partial charge in [0.05, 0.1) is 0 Å². The van der Waals surface area contributed by atoms with E-state index in [1.165, 1.54) is 19.3 Å². The molecule has 0 heterocycles. The van der Waals surface area contributed by atoms with E-state index in [1.807, 2.05) is 0 Å². The Labute approximate surface area is 81.9 Å². The van der Waals surface area contributed by atoms with Gasteiger partial charge in [-0.2, -0.15) is 0 Å². The van der Waals surface area contributed by atoms with Crippen molar-refractivity contribution in [3.63, 3.8) is 0 Å². The van der Waals surface area contributed by atoms with E-state index >= 15 is 0 Å². The lowest BCUT2D eigenvalue weighted by atomic mass is 9.85.